The largest absolute Gasteiger partial charge is 0.497 e. The molecule has 2 aromatic carbocycles. The molecule has 0 heterocycles. The third kappa shape index (κ3) is 5.72. The lowest BCUT2D eigenvalue weighted by atomic mass is 10.2. The van der Waals surface area contributed by atoms with Crippen molar-refractivity contribution < 1.29 is 17.9 Å². The topological polar surface area (TPSA) is 75.7 Å². The fourth-order valence-corrected chi connectivity index (χ4v) is 3.31. The molecule has 140 valence electrons. The third-order valence-corrected chi connectivity index (χ3v) is 5.39. The number of nitrogens with zero attached hydrogens (tertiary/aromatic N) is 1. The summed E-state index contributed by atoms with van der Waals surface area (Å²) in [5, 5.41) is 3.22. The first-order valence-corrected chi connectivity index (χ1v) is 10.1. The molecule has 0 unspecified atom stereocenters. The molecule has 0 saturated heterocycles. The molecular formula is C18H21ClN2O4S. The molecule has 8 heteroatoms. The number of hydrogen-bond donors (Lipinski definition) is 1. The molecule has 0 spiro atoms. The van der Waals surface area contributed by atoms with Crippen LogP contribution in [0.15, 0.2) is 48.5 Å². The Morgan fingerprint density at radius 2 is 1.81 bits per heavy atom. The smallest absolute Gasteiger partial charge is 0.251 e. The van der Waals surface area contributed by atoms with E-state index in [2.05, 4.69) is 5.32 Å². The average molecular weight is 397 g/mol. The Hall–Kier alpha value is -2.09. The minimum Gasteiger partial charge on any atom is -0.497 e. The molecule has 2 aromatic rings. The summed E-state index contributed by atoms with van der Waals surface area (Å²) >= 11 is 6.11. The van der Waals surface area contributed by atoms with E-state index in [0.29, 0.717) is 21.9 Å². The second kappa shape index (κ2) is 9.02. The van der Waals surface area contributed by atoms with E-state index in [1.54, 1.807) is 55.6 Å². The lowest BCUT2D eigenvalue weighted by Gasteiger charge is -2.20. The summed E-state index contributed by atoms with van der Waals surface area (Å²) in [5.41, 5.74) is 1.18. The van der Waals surface area contributed by atoms with Crippen LogP contribution in [0.4, 0.5) is 0 Å². The molecule has 2 rings (SSSR count). The van der Waals surface area contributed by atoms with Crippen LogP contribution in [-0.2, 0) is 16.6 Å². The van der Waals surface area contributed by atoms with E-state index >= 15 is 0 Å². The molecule has 0 aromatic heterocycles. The highest BCUT2D eigenvalue weighted by molar-refractivity contribution is 7.88. The van der Waals surface area contributed by atoms with E-state index in [1.165, 1.54) is 4.31 Å². The summed E-state index contributed by atoms with van der Waals surface area (Å²) in [6, 6.07) is 13.7. The van der Waals surface area contributed by atoms with Gasteiger partial charge in [0.05, 0.1) is 13.4 Å². The van der Waals surface area contributed by atoms with E-state index in [9.17, 15) is 13.2 Å². The van der Waals surface area contributed by atoms with Crippen molar-refractivity contribution in [2.24, 2.45) is 0 Å². The number of nitrogens with one attached hydrogen (secondary N) is 1. The van der Waals surface area contributed by atoms with Gasteiger partial charge >= 0.3 is 0 Å². The number of sulfonamides is 1. The van der Waals surface area contributed by atoms with Crippen molar-refractivity contribution in [2.75, 3.05) is 26.5 Å². The van der Waals surface area contributed by atoms with Gasteiger partial charge in [0.15, 0.2) is 0 Å². The van der Waals surface area contributed by atoms with Gasteiger partial charge in [0.2, 0.25) is 10.0 Å². The molecule has 0 fully saturated rings. The van der Waals surface area contributed by atoms with Crippen LogP contribution in [0.3, 0.4) is 0 Å². The molecule has 0 atom stereocenters. The van der Waals surface area contributed by atoms with Crippen LogP contribution in [0.25, 0.3) is 0 Å². The van der Waals surface area contributed by atoms with Crippen LogP contribution in [0, 0.1) is 0 Å². The first-order valence-electron chi connectivity index (χ1n) is 7.92. The van der Waals surface area contributed by atoms with E-state index in [1.807, 2.05) is 0 Å². The van der Waals surface area contributed by atoms with Crippen molar-refractivity contribution in [3.05, 3.63) is 64.7 Å². The van der Waals surface area contributed by atoms with Crippen molar-refractivity contribution in [3.8, 4) is 5.75 Å². The van der Waals surface area contributed by atoms with Gasteiger partial charge < -0.3 is 10.1 Å². The maximum absolute atomic E-state index is 12.1. The molecule has 0 radical (unpaired) electrons. The van der Waals surface area contributed by atoms with Gasteiger partial charge in [0.25, 0.3) is 5.91 Å². The second-order valence-corrected chi connectivity index (χ2v) is 8.06. The van der Waals surface area contributed by atoms with Gasteiger partial charge in [-0.3, -0.25) is 4.79 Å². The molecule has 0 bridgehead atoms. The van der Waals surface area contributed by atoms with Crippen LogP contribution >= 0.6 is 11.6 Å². The zero-order chi connectivity index (χ0) is 19.2. The van der Waals surface area contributed by atoms with Crippen LogP contribution < -0.4 is 10.1 Å². The van der Waals surface area contributed by atoms with Gasteiger partial charge in [0.1, 0.15) is 5.75 Å². The van der Waals surface area contributed by atoms with Gasteiger partial charge in [-0.15, -0.1) is 0 Å². The molecule has 26 heavy (non-hydrogen) atoms. The number of carbonyl (C=O) groups excluding carboxylic acids is 1. The quantitative estimate of drug-likeness (QED) is 0.744. The van der Waals surface area contributed by atoms with Crippen LogP contribution in [-0.4, -0.2) is 45.1 Å². The highest BCUT2D eigenvalue weighted by Gasteiger charge is 2.18. The number of rotatable bonds is 8. The SMILES string of the molecule is COc1ccc(C(=O)NCCN(Cc2ccccc2Cl)S(C)(=O)=O)cc1. The first-order chi connectivity index (χ1) is 12.3. The van der Waals surface area contributed by atoms with Crippen LogP contribution in [0.2, 0.25) is 5.02 Å². The Morgan fingerprint density at radius 3 is 2.38 bits per heavy atom. The van der Waals surface area contributed by atoms with E-state index in [-0.39, 0.29) is 25.5 Å². The van der Waals surface area contributed by atoms with Crippen molar-refractivity contribution in [3.63, 3.8) is 0 Å². The minimum atomic E-state index is -3.44. The lowest BCUT2D eigenvalue weighted by molar-refractivity contribution is 0.0951. The number of ether oxygens (including phenoxy) is 1. The minimum absolute atomic E-state index is 0.145. The number of carbonyl (C=O) groups is 1. The van der Waals surface area contributed by atoms with Gasteiger partial charge in [-0.25, -0.2) is 8.42 Å². The number of halogens is 1. The number of benzene rings is 2. The lowest BCUT2D eigenvalue weighted by Crippen LogP contribution is -2.37. The summed E-state index contributed by atoms with van der Waals surface area (Å²) in [5.74, 6) is 0.378. The summed E-state index contributed by atoms with van der Waals surface area (Å²) < 4.78 is 30.4. The maximum Gasteiger partial charge on any atom is 0.251 e. The fourth-order valence-electron chi connectivity index (χ4n) is 2.32. The highest BCUT2D eigenvalue weighted by Crippen LogP contribution is 2.18. The molecular weight excluding hydrogens is 376 g/mol. The van der Waals surface area contributed by atoms with Crippen molar-refractivity contribution in [2.45, 2.75) is 6.54 Å². The number of methoxy groups -OCH3 is 1. The zero-order valence-electron chi connectivity index (χ0n) is 14.6. The maximum atomic E-state index is 12.1. The van der Waals surface area contributed by atoms with Gasteiger partial charge in [-0.1, -0.05) is 29.8 Å². The van der Waals surface area contributed by atoms with Crippen LogP contribution in [0.1, 0.15) is 15.9 Å². The first kappa shape index (κ1) is 20.2. The van der Waals surface area contributed by atoms with E-state index < -0.39 is 10.0 Å². The summed E-state index contributed by atoms with van der Waals surface area (Å²) in [7, 11) is -1.90. The van der Waals surface area contributed by atoms with E-state index in [4.69, 9.17) is 16.3 Å². The summed E-state index contributed by atoms with van der Waals surface area (Å²) in [6.07, 6.45) is 1.13. The molecule has 1 N–H and O–H groups in total. The van der Waals surface area contributed by atoms with Crippen molar-refractivity contribution >= 4 is 27.5 Å². The monoisotopic (exact) mass is 396 g/mol. The molecule has 6 nitrogen and oxygen atoms in total. The van der Waals surface area contributed by atoms with Crippen molar-refractivity contribution in [1.29, 1.82) is 0 Å². The van der Waals surface area contributed by atoms with Gasteiger partial charge in [-0.2, -0.15) is 4.31 Å². The number of amides is 1. The van der Waals surface area contributed by atoms with Gasteiger partial charge in [-0.05, 0) is 35.9 Å². The average Bonchev–Trinajstić information content (AvgIpc) is 2.61. The molecule has 0 aliphatic rings. The predicted octanol–water partition coefficient (Wildman–Crippen LogP) is 2.54. The standard InChI is InChI=1S/C18H21ClN2O4S/c1-25-16-9-7-14(8-10-16)18(22)20-11-12-21(26(2,23)24)13-15-5-3-4-6-17(15)19/h3-10H,11-13H2,1-2H3,(H,20,22). The second-order valence-electron chi connectivity index (χ2n) is 5.67. The van der Waals surface area contributed by atoms with Crippen molar-refractivity contribution in [1.82, 2.24) is 9.62 Å². The summed E-state index contributed by atoms with van der Waals surface area (Å²) in [6.45, 7) is 0.477. The third-order valence-electron chi connectivity index (χ3n) is 3.77. The Kier molecular flexibility index (Phi) is 7.02. The molecule has 1 amide bonds. The Bertz CT molecular complexity index is 854. The van der Waals surface area contributed by atoms with Crippen LogP contribution in [0.5, 0.6) is 5.75 Å². The van der Waals surface area contributed by atoms with E-state index in [0.717, 1.165) is 6.26 Å². The highest BCUT2D eigenvalue weighted by atomic mass is 35.5. The van der Waals surface area contributed by atoms with Gasteiger partial charge in [0, 0.05) is 30.2 Å². The zero-order valence-corrected chi connectivity index (χ0v) is 16.2. The normalized spacial score (nSPS) is 11.4. The molecule has 0 saturated carbocycles. The molecule has 0 aliphatic heterocycles. The fraction of sp³-hybridized carbons (Fsp3) is 0.278. The Morgan fingerprint density at radius 1 is 1.15 bits per heavy atom. The predicted molar refractivity (Wildman–Crippen MR) is 102 cm³/mol. The molecule has 0 aliphatic carbocycles. The Labute approximate surface area is 158 Å². The summed E-state index contributed by atoms with van der Waals surface area (Å²) in [4.78, 5) is 12.1. The number of hydrogen-bond acceptors (Lipinski definition) is 4. The Balaban J connectivity index is 1.97.